The Hall–Kier alpha value is -1.90. The zero-order valence-corrected chi connectivity index (χ0v) is 17.2. The molecule has 2 heterocycles. The zero-order valence-electron chi connectivity index (χ0n) is 24.4. The molecule has 2 aliphatic heterocycles. The Morgan fingerprint density at radius 2 is 1.60 bits per heavy atom. The van der Waals surface area contributed by atoms with E-state index in [-0.39, 0.29) is 38.9 Å². The zero-order chi connectivity index (χ0) is 27.8. The van der Waals surface area contributed by atoms with Crippen LogP contribution < -0.4 is 0 Å². The third kappa shape index (κ3) is 5.42. The number of fused-ring (bicyclic) bond motifs is 2. The van der Waals surface area contributed by atoms with E-state index in [0.29, 0.717) is 25.9 Å². The highest BCUT2D eigenvalue weighted by Crippen LogP contribution is 2.40. The second-order valence-corrected chi connectivity index (χ2v) is 7.47. The maximum Gasteiger partial charge on any atom is 0.137 e. The van der Waals surface area contributed by atoms with Gasteiger partial charge in [-0.15, -0.1) is 0 Å². The fourth-order valence-corrected chi connectivity index (χ4v) is 3.89. The summed E-state index contributed by atoms with van der Waals surface area (Å²) in [5.41, 5.74) is 0.809. The summed E-state index contributed by atoms with van der Waals surface area (Å²) in [6.45, 7) is -12.5. The molecule has 2 aromatic rings. The van der Waals surface area contributed by atoms with Crippen molar-refractivity contribution in [3.63, 3.8) is 0 Å². The van der Waals surface area contributed by atoms with Gasteiger partial charge in [0.1, 0.15) is 5.84 Å². The van der Waals surface area contributed by atoms with Gasteiger partial charge in [0.25, 0.3) is 0 Å². The molecule has 1 fully saturated rings. The van der Waals surface area contributed by atoms with Gasteiger partial charge in [-0.1, -0.05) is 42.1 Å². The summed E-state index contributed by atoms with van der Waals surface area (Å²) in [6.07, 6.45) is 0. The van der Waals surface area contributed by atoms with Gasteiger partial charge in [0.2, 0.25) is 0 Å². The molecular formula is C23H29N3O3S. The summed E-state index contributed by atoms with van der Waals surface area (Å²) in [5, 5.41) is 8.75. The van der Waals surface area contributed by atoms with Crippen LogP contribution in [0.4, 0.5) is 5.69 Å². The number of ether oxygens (including phenoxy) is 2. The van der Waals surface area contributed by atoms with E-state index < -0.39 is 32.5 Å². The van der Waals surface area contributed by atoms with Crippen LogP contribution in [0.1, 0.15) is 16.5 Å². The lowest BCUT2D eigenvalue weighted by atomic mass is 10.1. The molecular weight excluding hydrogens is 398 g/mol. The van der Waals surface area contributed by atoms with Crippen molar-refractivity contribution >= 4 is 23.3 Å². The molecule has 1 saturated heterocycles. The summed E-state index contributed by atoms with van der Waals surface area (Å²) in [7, 11) is 0. The molecule has 30 heavy (non-hydrogen) atoms. The largest absolute Gasteiger partial charge is 0.394 e. The molecule has 0 amide bonds. The number of amidine groups is 1. The minimum Gasteiger partial charge on any atom is -0.394 e. The van der Waals surface area contributed by atoms with Gasteiger partial charge >= 0.3 is 0 Å². The van der Waals surface area contributed by atoms with Crippen LogP contribution in [0, 0.1) is 0 Å². The van der Waals surface area contributed by atoms with Gasteiger partial charge in [-0.3, -0.25) is 4.90 Å². The molecule has 0 aliphatic carbocycles. The summed E-state index contributed by atoms with van der Waals surface area (Å²) in [6, 6.07) is 14.0. The molecule has 0 atom stereocenters. The van der Waals surface area contributed by atoms with Crippen LogP contribution >= 0.6 is 11.8 Å². The number of aliphatic imine (C=N–C) groups is 1. The molecule has 0 bridgehead atoms. The number of nitrogens with zero attached hydrogens (tertiary/aromatic N) is 3. The predicted molar refractivity (Wildman–Crippen MR) is 120 cm³/mol. The molecule has 0 saturated carbocycles. The van der Waals surface area contributed by atoms with E-state index in [4.69, 9.17) is 25.5 Å². The minimum atomic E-state index is -3.05. The number of para-hydroxylation sites is 1. The molecule has 160 valence electrons. The molecule has 0 radical (unpaired) electrons. The van der Waals surface area contributed by atoms with E-state index in [1.165, 1.54) is 11.8 Å². The number of hydrogen-bond donors (Lipinski definition) is 1. The van der Waals surface area contributed by atoms with E-state index in [1.807, 2.05) is 12.1 Å². The monoisotopic (exact) mass is 435 g/mol. The summed E-state index contributed by atoms with van der Waals surface area (Å²) < 4.78 is 80.9. The van der Waals surface area contributed by atoms with Crippen LogP contribution in [-0.2, 0) is 9.47 Å². The maximum absolute atomic E-state index is 8.87. The van der Waals surface area contributed by atoms with Crippen LogP contribution in [-0.4, -0.2) is 86.3 Å². The fourth-order valence-electron chi connectivity index (χ4n) is 2.88. The number of benzene rings is 2. The first kappa shape index (κ1) is 13.5. The average Bonchev–Trinajstić information content (AvgIpc) is 3.01. The van der Waals surface area contributed by atoms with Gasteiger partial charge in [0.15, 0.2) is 0 Å². The van der Waals surface area contributed by atoms with Gasteiger partial charge in [-0.25, -0.2) is 4.99 Å². The summed E-state index contributed by atoms with van der Waals surface area (Å²) >= 11 is 1.37. The van der Waals surface area contributed by atoms with Crippen LogP contribution in [0.15, 0.2) is 63.3 Å². The summed E-state index contributed by atoms with van der Waals surface area (Å²) in [5.74, 6) is -0.197. The Morgan fingerprint density at radius 1 is 0.900 bits per heavy atom. The fraction of sp³-hybridized carbons (Fsp3) is 0.435. The van der Waals surface area contributed by atoms with Crippen LogP contribution in [0.2, 0.25) is 0 Å². The Balaban J connectivity index is 1.74. The van der Waals surface area contributed by atoms with Gasteiger partial charge in [-0.05, 0) is 18.2 Å². The Kier molecular flexibility index (Phi) is 4.92. The number of aliphatic hydroxyl groups is 1. The molecule has 7 heteroatoms. The van der Waals surface area contributed by atoms with E-state index in [1.54, 1.807) is 36.4 Å². The van der Waals surface area contributed by atoms with E-state index in [2.05, 4.69) is 4.99 Å². The number of piperazine rings is 1. The lowest BCUT2D eigenvalue weighted by Crippen LogP contribution is -2.49. The number of hydrogen-bond acceptors (Lipinski definition) is 7. The van der Waals surface area contributed by atoms with Crippen molar-refractivity contribution in [1.82, 2.24) is 9.80 Å². The van der Waals surface area contributed by atoms with E-state index >= 15 is 0 Å². The van der Waals surface area contributed by atoms with Gasteiger partial charge in [0.05, 0.1) is 44.2 Å². The molecule has 1 N–H and O–H groups in total. The van der Waals surface area contributed by atoms with Gasteiger partial charge in [0, 0.05) is 53.4 Å². The van der Waals surface area contributed by atoms with Crippen molar-refractivity contribution < 1.29 is 25.5 Å². The van der Waals surface area contributed by atoms with Crippen LogP contribution in [0.5, 0.6) is 0 Å². The van der Waals surface area contributed by atoms with Gasteiger partial charge < -0.3 is 19.5 Å². The Morgan fingerprint density at radius 3 is 2.40 bits per heavy atom. The van der Waals surface area contributed by atoms with Crippen molar-refractivity contribution in [3.8, 4) is 0 Å². The first-order valence-electron chi connectivity index (χ1n) is 13.7. The topological polar surface area (TPSA) is 57.5 Å². The summed E-state index contributed by atoms with van der Waals surface area (Å²) in [4.78, 5) is 7.06. The molecule has 0 unspecified atom stereocenters. The number of aliphatic hydroxyl groups excluding tert-OH is 1. The van der Waals surface area contributed by atoms with E-state index in [9.17, 15) is 0 Å². The first-order valence-corrected chi connectivity index (χ1v) is 10.5. The van der Waals surface area contributed by atoms with E-state index in [0.717, 1.165) is 4.90 Å². The molecule has 0 spiro atoms. The van der Waals surface area contributed by atoms with Gasteiger partial charge in [-0.2, -0.15) is 0 Å². The Bertz CT molecular complexity index is 1160. The van der Waals surface area contributed by atoms with Crippen molar-refractivity contribution in [2.45, 2.75) is 9.79 Å². The van der Waals surface area contributed by atoms with Crippen LogP contribution in [0.25, 0.3) is 0 Å². The lowest BCUT2D eigenvalue weighted by molar-refractivity contribution is 0.0239. The molecule has 0 aromatic heterocycles. The minimum absolute atomic E-state index is 0.0937. The predicted octanol–water partition coefficient (Wildman–Crippen LogP) is 2.87. The third-order valence-electron chi connectivity index (χ3n) is 4.31. The number of rotatable bonds is 8. The average molecular weight is 436 g/mol. The van der Waals surface area contributed by atoms with Crippen molar-refractivity contribution in [3.05, 3.63) is 54.1 Å². The third-order valence-corrected chi connectivity index (χ3v) is 5.45. The highest BCUT2D eigenvalue weighted by molar-refractivity contribution is 7.99. The lowest BCUT2D eigenvalue weighted by Gasteiger charge is -2.36. The Labute approximate surface area is 193 Å². The molecule has 2 aromatic carbocycles. The first-order chi connectivity index (χ1) is 17.9. The molecule has 4 rings (SSSR count). The standard InChI is InChI=1S/C23H29N3O3S/c27-14-16-29-18-17-28-15-13-25-9-11-26(12-10-25)23-19-5-1-3-7-21(19)30-22-8-4-2-6-20(22)24-23/h1-8,27H,9-18H2/i9D2,10D2,11D2,12D2. The normalized spacial score (nSPS) is 27.2. The van der Waals surface area contributed by atoms with Crippen molar-refractivity contribution in [2.24, 2.45) is 4.99 Å². The SMILES string of the molecule is [2H]C1([2H])N(CCOCCOCCO)C([2H])([2H])C([2H])([2H])N(C2=Nc3ccccc3Sc3ccccc32)C1([2H])[2H]. The van der Waals surface area contributed by atoms with Crippen molar-refractivity contribution in [2.75, 3.05) is 65.6 Å². The highest BCUT2D eigenvalue weighted by atomic mass is 32.2. The second kappa shape index (κ2) is 10.9. The highest BCUT2D eigenvalue weighted by Gasteiger charge is 2.24. The maximum atomic E-state index is 8.87. The van der Waals surface area contributed by atoms with Crippen LogP contribution in [0.3, 0.4) is 0 Å². The molecule has 6 nitrogen and oxygen atoms in total. The smallest absolute Gasteiger partial charge is 0.137 e. The molecule has 2 aliphatic rings. The quantitative estimate of drug-likeness (QED) is 0.644. The second-order valence-electron chi connectivity index (χ2n) is 6.38. The van der Waals surface area contributed by atoms with Crippen molar-refractivity contribution in [1.29, 1.82) is 0 Å².